The van der Waals surface area contributed by atoms with Crippen molar-refractivity contribution < 1.29 is 15.1 Å². The van der Waals surface area contributed by atoms with Gasteiger partial charge in [0.2, 0.25) is 6.21 Å². The molecule has 0 amide bonds. The van der Waals surface area contributed by atoms with Gasteiger partial charge in [-0.2, -0.15) is 0 Å². The molecule has 0 fully saturated rings. The number of aromatic hydroxyl groups is 1. The van der Waals surface area contributed by atoms with Gasteiger partial charge in [-0.05, 0) is 25.5 Å². The first-order valence-corrected chi connectivity index (χ1v) is 5.77. The van der Waals surface area contributed by atoms with Crippen LogP contribution in [0.25, 0.3) is 0 Å². The molecule has 2 rings (SSSR count). The molecular weight excluding hydrogens is 226 g/mol. The first-order chi connectivity index (χ1) is 8.59. The fraction of sp³-hybridized carbons (Fsp3) is 0.133. The first kappa shape index (κ1) is 12.2. The molecule has 0 unspecified atom stereocenters. The van der Waals surface area contributed by atoms with E-state index in [-0.39, 0.29) is 5.75 Å². The summed E-state index contributed by atoms with van der Waals surface area (Å²) in [5.74, 6) is 0.185. The van der Waals surface area contributed by atoms with Crippen LogP contribution in [-0.4, -0.2) is 21.3 Å². The van der Waals surface area contributed by atoms with Gasteiger partial charge in [-0.25, -0.2) is 0 Å². The lowest BCUT2D eigenvalue weighted by Gasteiger charge is -2.01. The van der Waals surface area contributed by atoms with Crippen LogP contribution < -0.4 is 0 Å². The van der Waals surface area contributed by atoms with Gasteiger partial charge in [-0.3, -0.25) is 5.21 Å². The third kappa shape index (κ3) is 2.35. The highest BCUT2D eigenvalue weighted by Crippen LogP contribution is 2.21. The molecule has 92 valence electrons. The standard InChI is InChI=1S/C15H15NO2/c1-11-6-3-4-9-14(11)16(18)10-13-8-5-7-12(2)15(13)17/h3-10,18H,1-2H3/p+1. The van der Waals surface area contributed by atoms with Crippen LogP contribution in [0, 0.1) is 13.8 Å². The molecule has 2 N–H and O–H groups in total. The lowest BCUT2D eigenvalue weighted by atomic mass is 10.1. The highest BCUT2D eigenvalue weighted by Gasteiger charge is 2.13. The Morgan fingerprint density at radius 3 is 2.33 bits per heavy atom. The van der Waals surface area contributed by atoms with E-state index in [4.69, 9.17) is 0 Å². The third-order valence-corrected chi connectivity index (χ3v) is 2.89. The van der Waals surface area contributed by atoms with E-state index in [2.05, 4.69) is 0 Å². The second kappa shape index (κ2) is 4.92. The van der Waals surface area contributed by atoms with Crippen molar-refractivity contribution in [3.05, 3.63) is 59.2 Å². The molecule has 2 aromatic rings. The molecule has 2 aromatic carbocycles. The number of phenols is 1. The number of nitrogens with zero attached hydrogens (tertiary/aromatic N) is 1. The summed E-state index contributed by atoms with van der Waals surface area (Å²) in [6.45, 7) is 3.74. The van der Waals surface area contributed by atoms with E-state index in [1.165, 1.54) is 6.21 Å². The van der Waals surface area contributed by atoms with Gasteiger partial charge in [-0.15, -0.1) is 0 Å². The summed E-state index contributed by atoms with van der Waals surface area (Å²) in [5.41, 5.74) is 3.02. The molecule has 0 heterocycles. The van der Waals surface area contributed by atoms with E-state index in [0.29, 0.717) is 11.3 Å². The highest BCUT2D eigenvalue weighted by atomic mass is 16.5. The van der Waals surface area contributed by atoms with Gasteiger partial charge in [0.15, 0.2) is 0 Å². The quantitative estimate of drug-likeness (QED) is 0.367. The third-order valence-electron chi connectivity index (χ3n) is 2.89. The molecule has 0 aliphatic carbocycles. The lowest BCUT2D eigenvalue weighted by molar-refractivity contribution is -0.709. The average molecular weight is 242 g/mol. The minimum atomic E-state index is 0.185. The molecule has 18 heavy (non-hydrogen) atoms. The van der Waals surface area contributed by atoms with Crippen molar-refractivity contribution in [3.8, 4) is 5.75 Å². The van der Waals surface area contributed by atoms with Crippen LogP contribution in [0.5, 0.6) is 5.75 Å². The van der Waals surface area contributed by atoms with Crippen molar-refractivity contribution in [1.29, 1.82) is 0 Å². The van der Waals surface area contributed by atoms with Crippen molar-refractivity contribution in [3.63, 3.8) is 0 Å². The maximum Gasteiger partial charge on any atom is 0.260 e. The smallest absolute Gasteiger partial charge is 0.260 e. The minimum Gasteiger partial charge on any atom is -0.507 e. The zero-order valence-corrected chi connectivity index (χ0v) is 10.5. The summed E-state index contributed by atoms with van der Waals surface area (Å²) in [5, 5.41) is 19.9. The van der Waals surface area contributed by atoms with Crippen molar-refractivity contribution in [2.45, 2.75) is 13.8 Å². The normalized spacial score (nSPS) is 11.6. The number of phenolic OH excluding ortho intramolecular Hbond substituents is 1. The van der Waals surface area contributed by atoms with E-state index in [1.54, 1.807) is 6.07 Å². The molecule has 0 bridgehead atoms. The molecule has 3 heteroatoms. The second-order valence-corrected chi connectivity index (χ2v) is 4.27. The van der Waals surface area contributed by atoms with Crippen molar-refractivity contribution in [2.75, 3.05) is 0 Å². The van der Waals surface area contributed by atoms with Crippen molar-refractivity contribution in [2.24, 2.45) is 0 Å². The molecule has 0 saturated heterocycles. The Morgan fingerprint density at radius 1 is 0.944 bits per heavy atom. The van der Waals surface area contributed by atoms with E-state index in [1.807, 2.05) is 50.2 Å². The lowest BCUT2D eigenvalue weighted by Crippen LogP contribution is -2.03. The Labute approximate surface area is 106 Å². The number of hydrogen-bond donors (Lipinski definition) is 2. The van der Waals surface area contributed by atoms with Gasteiger partial charge in [0.1, 0.15) is 5.75 Å². The molecule has 0 spiro atoms. The van der Waals surface area contributed by atoms with E-state index in [0.717, 1.165) is 15.9 Å². The molecule has 0 saturated carbocycles. The molecule has 0 atom stereocenters. The first-order valence-electron chi connectivity index (χ1n) is 5.77. The fourth-order valence-electron chi connectivity index (χ4n) is 1.81. The maximum absolute atomic E-state index is 10.0. The summed E-state index contributed by atoms with van der Waals surface area (Å²) < 4.78 is 1.03. The van der Waals surface area contributed by atoms with E-state index in [9.17, 15) is 10.3 Å². The van der Waals surface area contributed by atoms with Crippen molar-refractivity contribution >= 4 is 11.9 Å². The van der Waals surface area contributed by atoms with Crippen LogP contribution >= 0.6 is 0 Å². The van der Waals surface area contributed by atoms with Crippen LogP contribution in [0.1, 0.15) is 16.7 Å². The number of rotatable bonds is 2. The predicted molar refractivity (Wildman–Crippen MR) is 70.9 cm³/mol. The number of para-hydroxylation sites is 2. The summed E-state index contributed by atoms with van der Waals surface area (Å²) in [6.07, 6.45) is 1.50. The maximum atomic E-state index is 10.0. The predicted octanol–water partition coefficient (Wildman–Crippen LogP) is 3.16. The molecule has 0 radical (unpaired) electrons. The molecule has 3 nitrogen and oxygen atoms in total. The highest BCUT2D eigenvalue weighted by molar-refractivity contribution is 5.81. The molecule has 0 aromatic heterocycles. The fourth-order valence-corrected chi connectivity index (χ4v) is 1.81. The van der Waals surface area contributed by atoms with Crippen LogP contribution in [0.4, 0.5) is 5.69 Å². The Kier molecular flexibility index (Phi) is 3.33. The van der Waals surface area contributed by atoms with E-state index >= 15 is 0 Å². The van der Waals surface area contributed by atoms with Crippen LogP contribution in [0.3, 0.4) is 0 Å². The van der Waals surface area contributed by atoms with Gasteiger partial charge in [0.25, 0.3) is 5.69 Å². The Hall–Kier alpha value is -2.29. The molecule has 0 aliphatic rings. The number of benzene rings is 2. The summed E-state index contributed by atoms with van der Waals surface area (Å²) in [7, 11) is 0. The topological polar surface area (TPSA) is 43.5 Å². The van der Waals surface area contributed by atoms with Crippen molar-refractivity contribution in [1.82, 2.24) is 0 Å². The Balaban J connectivity index is 2.45. The van der Waals surface area contributed by atoms with Gasteiger partial charge in [0.05, 0.1) is 5.56 Å². The van der Waals surface area contributed by atoms with Gasteiger partial charge in [0, 0.05) is 16.4 Å². The Bertz CT molecular complexity index is 603. The zero-order chi connectivity index (χ0) is 13.1. The van der Waals surface area contributed by atoms with Gasteiger partial charge in [-0.1, -0.05) is 30.3 Å². The summed E-state index contributed by atoms with van der Waals surface area (Å²) in [4.78, 5) is 0. The van der Waals surface area contributed by atoms with Crippen LogP contribution in [0.15, 0.2) is 42.5 Å². The monoisotopic (exact) mass is 242 g/mol. The summed E-state index contributed by atoms with van der Waals surface area (Å²) in [6, 6.07) is 12.9. The van der Waals surface area contributed by atoms with Gasteiger partial charge >= 0.3 is 0 Å². The second-order valence-electron chi connectivity index (χ2n) is 4.27. The zero-order valence-electron chi connectivity index (χ0n) is 10.5. The van der Waals surface area contributed by atoms with E-state index < -0.39 is 0 Å². The average Bonchev–Trinajstić information content (AvgIpc) is 2.35. The minimum absolute atomic E-state index is 0.185. The SMILES string of the molecule is Cc1ccccc1/[N+](O)=C/c1cccc(C)c1O. The number of hydrogen-bond acceptors (Lipinski definition) is 2. The molecule has 0 aliphatic heterocycles. The van der Waals surface area contributed by atoms with Crippen LogP contribution in [0.2, 0.25) is 0 Å². The van der Waals surface area contributed by atoms with Crippen LogP contribution in [-0.2, 0) is 0 Å². The number of aryl methyl sites for hydroxylation is 2. The van der Waals surface area contributed by atoms with Gasteiger partial charge < -0.3 is 5.11 Å². The Morgan fingerprint density at radius 2 is 1.61 bits per heavy atom. The largest absolute Gasteiger partial charge is 0.507 e. The molecular formula is C15H16NO2+. The summed E-state index contributed by atoms with van der Waals surface area (Å²) >= 11 is 0.